The van der Waals surface area contributed by atoms with E-state index in [2.05, 4.69) is 5.73 Å². The zero-order chi connectivity index (χ0) is 26.7. The number of phenolic OH excluding ortho intramolecular Hbond substituents is 1. The third-order valence-electron chi connectivity index (χ3n) is 3.40. The molecule has 1 aromatic rings. The maximum Gasteiger partial charge on any atom is 0.322 e. The fraction of sp³-hybridized carbons (Fsp3) is 0.474. The molecule has 3 unspecified atom stereocenters. The minimum Gasteiger partial charge on any atom is -0.508 e. The molecule has 1 aromatic carbocycles. The monoisotopic (exact) mass is 478 g/mol. The molecule has 14 nitrogen and oxygen atoms in total. The van der Waals surface area contributed by atoms with Crippen LogP contribution < -0.4 is 22.9 Å². The Kier molecular flexibility index (Phi) is 20.2. The van der Waals surface area contributed by atoms with Crippen LogP contribution in [0.4, 0.5) is 0 Å². The summed E-state index contributed by atoms with van der Waals surface area (Å²) in [6.45, 7) is 2.77. The third kappa shape index (κ3) is 21.7. The molecule has 0 aliphatic rings. The molecular formula is C19H34N4O10. The van der Waals surface area contributed by atoms with Crippen LogP contribution in [0.25, 0.3) is 0 Å². The number of rotatable bonds is 8. The van der Waals surface area contributed by atoms with Gasteiger partial charge in [-0.15, -0.1) is 0 Å². The topological polar surface area (TPSA) is 294 Å². The van der Waals surface area contributed by atoms with Crippen LogP contribution in [0.15, 0.2) is 24.3 Å². The van der Waals surface area contributed by atoms with Gasteiger partial charge in [-0.1, -0.05) is 26.0 Å². The molecule has 33 heavy (non-hydrogen) atoms. The van der Waals surface area contributed by atoms with Crippen LogP contribution >= 0.6 is 0 Å². The standard InChI is InChI=1S/C9H11NO3.C5H11NO2.C3H7NO3.C2H5NO2/c10-8(9(12)13)5-6-1-3-7(11)4-2-6;1-3(2)4(6)5(7)8;4-2(1-5)3(6)7;3-1-2(4)5/h1-4,8,11H,5,10H2,(H,12,13);3-4H,6H2,1-2H3,(H,7,8);2,5H,1,4H2,(H,6,7);1,3H2,(H,4,5). The maximum absolute atomic E-state index is 10.4. The van der Waals surface area contributed by atoms with E-state index < -0.39 is 48.6 Å². The van der Waals surface area contributed by atoms with Crippen molar-refractivity contribution in [3.8, 4) is 5.75 Å². The number of hydrogen-bond acceptors (Lipinski definition) is 10. The first-order valence-corrected chi connectivity index (χ1v) is 9.36. The van der Waals surface area contributed by atoms with E-state index in [9.17, 15) is 19.2 Å². The zero-order valence-electron chi connectivity index (χ0n) is 18.4. The largest absolute Gasteiger partial charge is 0.508 e. The number of benzene rings is 1. The third-order valence-corrected chi connectivity index (χ3v) is 3.40. The number of aromatic hydroxyl groups is 1. The average Bonchev–Trinajstić information content (AvgIpc) is 2.75. The molecule has 0 radical (unpaired) electrons. The second-order valence-electron chi connectivity index (χ2n) is 6.65. The van der Waals surface area contributed by atoms with Gasteiger partial charge >= 0.3 is 23.9 Å². The molecule has 1 rings (SSSR count). The van der Waals surface area contributed by atoms with Gasteiger partial charge in [0.2, 0.25) is 0 Å². The van der Waals surface area contributed by atoms with E-state index in [-0.39, 0.29) is 24.6 Å². The highest BCUT2D eigenvalue weighted by atomic mass is 16.4. The summed E-state index contributed by atoms with van der Waals surface area (Å²) in [6, 6.07) is 3.59. The van der Waals surface area contributed by atoms with Gasteiger partial charge < -0.3 is 53.6 Å². The van der Waals surface area contributed by atoms with Crippen molar-refractivity contribution in [1.29, 1.82) is 0 Å². The summed E-state index contributed by atoms with van der Waals surface area (Å²) in [5, 5.41) is 49.2. The van der Waals surface area contributed by atoms with Crippen LogP contribution in [0.2, 0.25) is 0 Å². The van der Waals surface area contributed by atoms with Crippen molar-refractivity contribution in [3.05, 3.63) is 29.8 Å². The molecular weight excluding hydrogens is 444 g/mol. The van der Waals surface area contributed by atoms with E-state index in [1.165, 1.54) is 12.1 Å². The summed E-state index contributed by atoms with van der Waals surface area (Å²) in [6.07, 6.45) is 0.273. The molecule has 0 amide bonds. The Labute approximate surface area is 190 Å². The second-order valence-corrected chi connectivity index (χ2v) is 6.65. The summed E-state index contributed by atoms with van der Waals surface area (Å²) >= 11 is 0. The number of carboxylic acid groups (broad SMARTS) is 4. The van der Waals surface area contributed by atoms with Gasteiger partial charge in [-0.05, 0) is 30.0 Å². The van der Waals surface area contributed by atoms with Gasteiger partial charge in [0.05, 0.1) is 13.2 Å². The van der Waals surface area contributed by atoms with Crippen LogP contribution in [0, 0.1) is 5.92 Å². The Morgan fingerprint density at radius 2 is 1.21 bits per heavy atom. The lowest BCUT2D eigenvalue weighted by atomic mass is 10.1. The van der Waals surface area contributed by atoms with E-state index in [1.54, 1.807) is 26.0 Å². The van der Waals surface area contributed by atoms with Gasteiger partial charge in [-0.25, -0.2) is 0 Å². The molecule has 14 heteroatoms. The van der Waals surface area contributed by atoms with Crippen molar-refractivity contribution in [2.45, 2.75) is 38.4 Å². The number of aliphatic carboxylic acids is 4. The summed E-state index contributed by atoms with van der Waals surface area (Å²) in [4.78, 5) is 39.3. The number of aliphatic hydroxyl groups excluding tert-OH is 1. The van der Waals surface area contributed by atoms with Gasteiger partial charge in [-0.3, -0.25) is 19.2 Å². The highest BCUT2D eigenvalue weighted by molar-refractivity contribution is 5.74. The number of hydrogen-bond donors (Lipinski definition) is 10. The van der Waals surface area contributed by atoms with Crippen LogP contribution in [-0.2, 0) is 25.6 Å². The number of nitrogens with two attached hydrogens (primary N) is 4. The van der Waals surface area contributed by atoms with Crippen LogP contribution in [-0.4, -0.2) is 85.8 Å². The smallest absolute Gasteiger partial charge is 0.322 e. The molecule has 0 saturated carbocycles. The predicted octanol–water partition coefficient (Wildman–Crippen LogP) is -2.18. The number of phenols is 1. The van der Waals surface area contributed by atoms with Gasteiger partial charge in [0.25, 0.3) is 0 Å². The predicted molar refractivity (Wildman–Crippen MR) is 117 cm³/mol. The Morgan fingerprint density at radius 1 is 0.818 bits per heavy atom. The average molecular weight is 478 g/mol. The van der Waals surface area contributed by atoms with E-state index >= 15 is 0 Å². The van der Waals surface area contributed by atoms with Crippen molar-refractivity contribution in [3.63, 3.8) is 0 Å². The van der Waals surface area contributed by atoms with Crippen LogP contribution in [0.3, 0.4) is 0 Å². The van der Waals surface area contributed by atoms with Gasteiger partial charge in [0, 0.05) is 0 Å². The summed E-state index contributed by atoms with van der Waals surface area (Å²) in [5.41, 5.74) is 20.6. The van der Waals surface area contributed by atoms with E-state index in [1.807, 2.05) is 0 Å². The Bertz CT molecular complexity index is 713. The highest BCUT2D eigenvalue weighted by Gasteiger charge is 2.14. The molecule has 14 N–H and O–H groups in total. The van der Waals surface area contributed by atoms with Crippen molar-refractivity contribution >= 4 is 23.9 Å². The molecule has 0 spiro atoms. The number of aliphatic hydroxyl groups is 1. The second kappa shape index (κ2) is 19.4. The number of carboxylic acids is 4. The lowest BCUT2D eigenvalue weighted by molar-refractivity contribution is -0.140. The first-order chi connectivity index (χ1) is 15.1. The molecule has 0 heterocycles. The van der Waals surface area contributed by atoms with Crippen molar-refractivity contribution in [2.24, 2.45) is 28.9 Å². The van der Waals surface area contributed by atoms with E-state index in [0.717, 1.165) is 5.56 Å². The molecule has 0 aromatic heterocycles. The first-order valence-electron chi connectivity index (χ1n) is 9.36. The Balaban J connectivity index is -0.000000391. The van der Waals surface area contributed by atoms with Gasteiger partial charge in [0.15, 0.2) is 0 Å². The lowest BCUT2D eigenvalue weighted by Crippen LogP contribution is -2.34. The van der Waals surface area contributed by atoms with Crippen LogP contribution in [0.1, 0.15) is 19.4 Å². The molecule has 0 aliphatic heterocycles. The fourth-order valence-corrected chi connectivity index (χ4v) is 1.34. The molecule has 0 saturated heterocycles. The number of carbonyl (C=O) groups is 4. The normalized spacial score (nSPS) is 12.2. The quantitative estimate of drug-likeness (QED) is 0.190. The summed E-state index contributed by atoms with van der Waals surface area (Å²) in [5.74, 6) is -3.92. The SMILES string of the molecule is CC(C)C(N)C(=O)O.NC(CO)C(=O)O.NC(Cc1ccc(O)cc1)C(=O)O.NCC(=O)O. The summed E-state index contributed by atoms with van der Waals surface area (Å²) in [7, 11) is 0. The van der Waals surface area contributed by atoms with Gasteiger partial charge in [-0.2, -0.15) is 0 Å². The molecule has 3 atom stereocenters. The van der Waals surface area contributed by atoms with E-state index in [4.69, 9.17) is 47.8 Å². The maximum atomic E-state index is 10.4. The lowest BCUT2D eigenvalue weighted by Gasteiger charge is -2.07. The van der Waals surface area contributed by atoms with E-state index in [0.29, 0.717) is 0 Å². The Morgan fingerprint density at radius 3 is 1.39 bits per heavy atom. The molecule has 190 valence electrons. The summed E-state index contributed by atoms with van der Waals surface area (Å²) < 4.78 is 0. The van der Waals surface area contributed by atoms with Crippen LogP contribution in [0.5, 0.6) is 5.75 Å². The molecule has 0 aliphatic carbocycles. The van der Waals surface area contributed by atoms with Crippen molar-refractivity contribution in [2.75, 3.05) is 13.2 Å². The minimum atomic E-state index is -1.18. The Hall–Kier alpha value is -3.30. The van der Waals surface area contributed by atoms with Gasteiger partial charge in [0.1, 0.15) is 23.9 Å². The zero-order valence-corrected chi connectivity index (χ0v) is 18.4. The first kappa shape index (κ1) is 34.3. The minimum absolute atomic E-state index is 0.0208. The van der Waals surface area contributed by atoms with Crippen molar-refractivity contribution < 1.29 is 49.8 Å². The molecule has 0 bridgehead atoms. The fourth-order valence-electron chi connectivity index (χ4n) is 1.34. The highest BCUT2D eigenvalue weighted by Crippen LogP contribution is 2.10. The molecule has 0 fully saturated rings. The van der Waals surface area contributed by atoms with Crippen molar-refractivity contribution in [1.82, 2.24) is 0 Å².